The molecule has 0 saturated carbocycles. The van der Waals surface area contributed by atoms with E-state index in [0.717, 1.165) is 11.1 Å². The van der Waals surface area contributed by atoms with E-state index in [1.807, 2.05) is 84.0 Å². The van der Waals surface area contributed by atoms with Gasteiger partial charge in [-0.15, -0.1) is 0 Å². The Morgan fingerprint density at radius 2 is 1.23 bits per heavy atom. The Morgan fingerprint density at radius 3 is 1.62 bits per heavy atom. The molecule has 26 heavy (non-hydrogen) atoms. The summed E-state index contributed by atoms with van der Waals surface area (Å²) in [6.45, 7) is 11.9. The number of hydrazine groups is 1. The summed E-state index contributed by atoms with van der Waals surface area (Å²) in [5.41, 5.74) is 2.47. The molecule has 2 aromatic rings. The van der Waals surface area contributed by atoms with Gasteiger partial charge in [0.25, 0.3) is 11.8 Å². The number of hydrogen-bond acceptors (Lipinski definition) is 2. The fourth-order valence-electron chi connectivity index (χ4n) is 3.03. The summed E-state index contributed by atoms with van der Waals surface area (Å²) in [4.78, 5) is 26.6. The van der Waals surface area contributed by atoms with Crippen molar-refractivity contribution >= 4 is 11.8 Å². The molecule has 0 bridgehead atoms. The van der Waals surface area contributed by atoms with Crippen LogP contribution in [0.5, 0.6) is 0 Å². The molecule has 0 aromatic heterocycles. The van der Waals surface area contributed by atoms with Gasteiger partial charge < -0.3 is 0 Å². The van der Waals surface area contributed by atoms with Gasteiger partial charge in [0.05, 0.1) is 5.54 Å². The van der Waals surface area contributed by atoms with Crippen LogP contribution >= 0.6 is 0 Å². The van der Waals surface area contributed by atoms with Crippen LogP contribution in [-0.4, -0.2) is 33.9 Å². The van der Waals surface area contributed by atoms with Gasteiger partial charge in [-0.1, -0.05) is 36.4 Å². The molecule has 0 saturated heterocycles. The molecule has 4 heteroatoms. The van der Waals surface area contributed by atoms with Crippen LogP contribution in [0.4, 0.5) is 0 Å². The second-order valence-corrected chi connectivity index (χ2v) is 7.44. The van der Waals surface area contributed by atoms with Crippen LogP contribution in [0.3, 0.4) is 0 Å². The molecule has 0 fully saturated rings. The summed E-state index contributed by atoms with van der Waals surface area (Å²) >= 11 is 0. The van der Waals surface area contributed by atoms with E-state index in [1.165, 1.54) is 0 Å². The molecule has 0 heterocycles. The van der Waals surface area contributed by atoms with E-state index in [1.54, 1.807) is 16.1 Å². The number of nitrogens with zero attached hydrogens (tertiary/aromatic N) is 2. The zero-order valence-electron chi connectivity index (χ0n) is 16.5. The van der Waals surface area contributed by atoms with Gasteiger partial charge in [-0.25, -0.2) is 10.0 Å². The molecule has 0 aliphatic rings. The lowest BCUT2D eigenvalue weighted by molar-refractivity contribution is -0.0411. The quantitative estimate of drug-likeness (QED) is 0.756. The van der Waals surface area contributed by atoms with Crippen LogP contribution in [0, 0.1) is 13.8 Å². The Kier molecular flexibility index (Phi) is 5.86. The zero-order chi connectivity index (χ0) is 19.5. The molecular weight excluding hydrogens is 324 g/mol. The van der Waals surface area contributed by atoms with E-state index >= 15 is 0 Å². The third-order valence-electron chi connectivity index (χ3n) is 4.35. The largest absolute Gasteiger partial charge is 0.273 e. The van der Waals surface area contributed by atoms with Crippen molar-refractivity contribution in [2.75, 3.05) is 6.54 Å². The predicted octanol–water partition coefficient (Wildman–Crippen LogP) is 4.62. The Bertz CT molecular complexity index is 806. The minimum atomic E-state index is -0.548. The highest BCUT2D eigenvalue weighted by Crippen LogP contribution is 2.24. The van der Waals surface area contributed by atoms with E-state index in [0.29, 0.717) is 17.7 Å². The van der Waals surface area contributed by atoms with Crippen molar-refractivity contribution in [3.8, 4) is 0 Å². The molecular formula is C22H28N2O2. The van der Waals surface area contributed by atoms with Crippen molar-refractivity contribution in [3.05, 3.63) is 70.8 Å². The zero-order valence-corrected chi connectivity index (χ0v) is 16.5. The van der Waals surface area contributed by atoms with E-state index in [2.05, 4.69) is 0 Å². The Labute approximate surface area is 156 Å². The van der Waals surface area contributed by atoms with Crippen molar-refractivity contribution in [1.82, 2.24) is 10.0 Å². The van der Waals surface area contributed by atoms with Crippen molar-refractivity contribution in [3.63, 3.8) is 0 Å². The Balaban J connectivity index is 2.51. The number of hydrogen-bond donors (Lipinski definition) is 0. The van der Waals surface area contributed by atoms with Crippen LogP contribution in [0.25, 0.3) is 0 Å². The summed E-state index contributed by atoms with van der Waals surface area (Å²) in [6.07, 6.45) is 0. The smallest absolute Gasteiger partial charge is 0.267 e. The van der Waals surface area contributed by atoms with Gasteiger partial charge in [-0.2, -0.15) is 0 Å². The van der Waals surface area contributed by atoms with Crippen molar-refractivity contribution in [2.45, 2.75) is 47.1 Å². The highest BCUT2D eigenvalue weighted by atomic mass is 16.2. The summed E-state index contributed by atoms with van der Waals surface area (Å²) in [5.74, 6) is -0.332. The van der Waals surface area contributed by atoms with Gasteiger partial charge in [0, 0.05) is 17.7 Å². The van der Waals surface area contributed by atoms with Gasteiger partial charge in [0.2, 0.25) is 0 Å². The fourth-order valence-corrected chi connectivity index (χ4v) is 3.03. The van der Waals surface area contributed by atoms with E-state index in [9.17, 15) is 9.59 Å². The molecule has 0 aliphatic heterocycles. The summed E-state index contributed by atoms with van der Waals surface area (Å²) in [5, 5.41) is 3.14. The Morgan fingerprint density at radius 1 is 0.808 bits per heavy atom. The van der Waals surface area contributed by atoms with E-state index < -0.39 is 5.54 Å². The molecule has 0 radical (unpaired) electrons. The first-order valence-electron chi connectivity index (χ1n) is 8.96. The average Bonchev–Trinajstić information content (AvgIpc) is 2.58. The molecule has 0 aliphatic carbocycles. The highest BCUT2D eigenvalue weighted by Gasteiger charge is 2.35. The third-order valence-corrected chi connectivity index (χ3v) is 4.35. The van der Waals surface area contributed by atoms with Crippen molar-refractivity contribution < 1.29 is 9.59 Å². The lowest BCUT2D eigenvalue weighted by Crippen LogP contribution is -2.58. The van der Waals surface area contributed by atoms with Crippen LogP contribution in [0.2, 0.25) is 0 Å². The first-order valence-corrected chi connectivity index (χ1v) is 8.96. The highest BCUT2D eigenvalue weighted by molar-refractivity contribution is 6.00. The minimum Gasteiger partial charge on any atom is -0.267 e. The van der Waals surface area contributed by atoms with Gasteiger partial charge in [-0.05, 0) is 64.8 Å². The number of carbonyl (C=O) groups is 2. The number of rotatable bonds is 3. The molecule has 2 rings (SSSR count). The number of aryl methyl sites for hydroxylation is 2. The molecule has 2 aromatic carbocycles. The van der Waals surface area contributed by atoms with E-state index in [4.69, 9.17) is 0 Å². The van der Waals surface area contributed by atoms with Crippen molar-refractivity contribution in [2.24, 2.45) is 0 Å². The van der Waals surface area contributed by atoms with Crippen LogP contribution in [0.1, 0.15) is 59.5 Å². The van der Waals surface area contributed by atoms with Crippen LogP contribution in [0.15, 0.2) is 48.5 Å². The van der Waals surface area contributed by atoms with Gasteiger partial charge >= 0.3 is 0 Å². The lowest BCUT2D eigenvalue weighted by Gasteiger charge is -2.43. The molecule has 0 atom stereocenters. The normalized spacial score (nSPS) is 11.2. The second kappa shape index (κ2) is 7.73. The fraction of sp³-hybridized carbons (Fsp3) is 0.364. The molecule has 0 unspecified atom stereocenters. The SMILES string of the molecule is CCN(C(=O)c1ccccc1C)N(C(=O)c1ccccc1C)C(C)(C)C. The van der Waals surface area contributed by atoms with Gasteiger partial charge in [0.1, 0.15) is 0 Å². The molecule has 4 nitrogen and oxygen atoms in total. The molecule has 0 N–H and O–H groups in total. The molecule has 138 valence electrons. The monoisotopic (exact) mass is 352 g/mol. The minimum absolute atomic E-state index is 0.164. The number of benzene rings is 2. The maximum Gasteiger partial charge on any atom is 0.273 e. The van der Waals surface area contributed by atoms with Gasteiger partial charge in [-0.3, -0.25) is 9.59 Å². The molecule has 2 amide bonds. The van der Waals surface area contributed by atoms with E-state index in [-0.39, 0.29) is 11.8 Å². The second-order valence-electron chi connectivity index (χ2n) is 7.44. The topological polar surface area (TPSA) is 40.6 Å². The van der Waals surface area contributed by atoms with Gasteiger partial charge in [0.15, 0.2) is 0 Å². The van der Waals surface area contributed by atoms with Crippen LogP contribution in [-0.2, 0) is 0 Å². The number of amides is 2. The standard InChI is InChI=1S/C22H28N2O2/c1-7-23(20(25)18-14-10-8-12-16(18)2)24(22(4,5)6)21(26)19-15-11-9-13-17(19)3/h8-15H,7H2,1-6H3. The average molecular weight is 352 g/mol. The lowest BCUT2D eigenvalue weighted by atomic mass is 10.0. The summed E-state index contributed by atoms with van der Waals surface area (Å²) < 4.78 is 0. The Hall–Kier alpha value is -2.62. The van der Waals surface area contributed by atoms with Crippen LogP contribution < -0.4 is 0 Å². The van der Waals surface area contributed by atoms with Crippen molar-refractivity contribution in [1.29, 1.82) is 0 Å². The first-order chi connectivity index (χ1) is 12.2. The predicted molar refractivity (Wildman–Crippen MR) is 105 cm³/mol. The third kappa shape index (κ3) is 3.96. The maximum absolute atomic E-state index is 13.4. The summed E-state index contributed by atoms with van der Waals surface area (Å²) in [7, 11) is 0. The summed E-state index contributed by atoms with van der Waals surface area (Å²) in [6, 6.07) is 14.9. The maximum atomic E-state index is 13.4. The molecule has 0 spiro atoms. The number of carbonyl (C=O) groups excluding carboxylic acids is 2. The first kappa shape index (κ1) is 19.7.